The Labute approximate surface area is 259 Å². The quantitative estimate of drug-likeness (QED) is 0.0736. The monoisotopic (exact) mass is 643 g/mol. The van der Waals surface area contributed by atoms with E-state index in [1.165, 1.54) is 31.2 Å². The number of hydrogen-bond donors (Lipinski definition) is 2. The lowest BCUT2D eigenvalue weighted by Crippen LogP contribution is -2.44. The van der Waals surface area contributed by atoms with Crippen molar-refractivity contribution in [2.45, 2.75) is 52.0 Å². The summed E-state index contributed by atoms with van der Waals surface area (Å²) in [4.78, 5) is 47.7. The Morgan fingerprint density at radius 2 is 1.42 bits per heavy atom. The summed E-state index contributed by atoms with van der Waals surface area (Å²) in [6.45, 7) is 4.76. The number of ether oxygens (including phenoxy) is 3. The smallest absolute Gasteiger partial charge is 0.468 e. The highest BCUT2D eigenvalue weighted by Crippen LogP contribution is 2.45. The SMILES string of the molecule is COC(=O)[C@H](C)NP(=O)(Oc1ccc(C[C@H](NC(=O)OCc2ccccc2)C(=O)OC(C)C)cc1)Oc1ccc([N+](=O)[O-])cc1. The van der Waals surface area contributed by atoms with Gasteiger partial charge in [-0.25, -0.2) is 14.2 Å². The molecule has 0 saturated heterocycles. The largest absolute Gasteiger partial charge is 0.513 e. The zero-order valence-corrected chi connectivity index (χ0v) is 25.9. The van der Waals surface area contributed by atoms with Crippen molar-refractivity contribution >= 4 is 31.5 Å². The third-order valence-corrected chi connectivity index (χ3v) is 7.52. The number of amides is 1. The fourth-order valence-electron chi connectivity index (χ4n) is 3.78. The van der Waals surface area contributed by atoms with Gasteiger partial charge >= 0.3 is 25.8 Å². The van der Waals surface area contributed by atoms with Crippen LogP contribution in [0.3, 0.4) is 0 Å². The number of methoxy groups -OCH3 is 1. The van der Waals surface area contributed by atoms with E-state index in [2.05, 4.69) is 15.1 Å². The Morgan fingerprint density at radius 3 is 1.96 bits per heavy atom. The van der Waals surface area contributed by atoms with Crippen molar-refractivity contribution in [3.05, 3.63) is 100 Å². The summed E-state index contributed by atoms with van der Waals surface area (Å²) in [6, 6.07) is 17.7. The summed E-state index contributed by atoms with van der Waals surface area (Å²) >= 11 is 0. The van der Waals surface area contributed by atoms with Crippen LogP contribution in [0.25, 0.3) is 0 Å². The molecule has 0 aliphatic heterocycles. The summed E-state index contributed by atoms with van der Waals surface area (Å²) in [5.41, 5.74) is 1.15. The number of carbonyl (C=O) groups excluding carboxylic acids is 3. The first-order valence-electron chi connectivity index (χ1n) is 13.7. The number of nitrogens with one attached hydrogen (secondary N) is 2. The lowest BCUT2D eigenvalue weighted by atomic mass is 10.1. The van der Waals surface area contributed by atoms with Crippen LogP contribution in [0.5, 0.6) is 11.5 Å². The van der Waals surface area contributed by atoms with Crippen LogP contribution in [0.1, 0.15) is 31.9 Å². The molecule has 0 radical (unpaired) electrons. The fourth-order valence-corrected chi connectivity index (χ4v) is 5.30. The zero-order valence-electron chi connectivity index (χ0n) is 25.0. The highest BCUT2D eigenvalue weighted by Gasteiger charge is 2.34. The minimum atomic E-state index is -4.32. The van der Waals surface area contributed by atoms with Gasteiger partial charge in [0.1, 0.15) is 30.2 Å². The van der Waals surface area contributed by atoms with Crippen LogP contribution in [-0.4, -0.2) is 48.3 Å². The molecular weight excluding hydrogens is 609 g/mol. The van der Waals surface area contributed by atoms with Gasteiger partial charge in [-0.15, -0.1) is 0 Å². The number of nitrogens with zero attached hydrogens (tertiary/aromatic N) is 1. The fraction of sp³-hybridized carbons (Fsp3) is 0.300. The number of rotatable bonds is 15. The highest BCUT2D eigenvalue weighted by molar-refractivity contribution is 7.52. The van der Waals surface area contributed by atoms with Gasteiger partial charge in [0.05, 0.1) is 18.1 Å². The van der Waals surface area contributed by atoms with E-state index in [-0.39, 0.29) is 30.2 Å². The van der Waals surface area contributed by atoms with Gasteiger partial charge in [-0.3, -0.25) is 14.9 Å². The minimum Gasteiger partial charge on any atom is -0.468 e. The second-order valence-electron chi connectivity index (χ2n) is 9.90. The van der Waals surface area contributed by atoms with Gasteiger partial charge in [-0.05, 0) is 56.2 Å². The number of non-ortho nitro benzene ring substituents is 1. The third-order valence-electron chi connectivity index (χ3n) is 5.91. The normalized spacial score (nSPS) is 13.4. The number of alkyl carbamates (subject to hydrolysis) is 1. The molecule has 0 spiro atoms. The van der Waals surface area contributed by atoms with Gasteiger partial charge in [-0.2, -0.15) is 5.09 Å². The van der Waals surface area contributed by atoms with Gasteiger partial charge in [-0.1, -0.05) is 42.5 Å². The molecule has 0 fully saturated rings. The van der Waals surface area contributed by atoms with Gasteiger partial charge < -0.3 is 28.6 Å². The van der Waals surface area contributed by atoms with E-state index in [1.54, 1.807) is 38.1 Å². The molecule has 2 N–H and O–H groups in total. The van der Waals surface area contributed by atoms with Gasteiger partial charge in [0.2, 0.25) is 0 Å². The molecule has 0 aliphatic rings. The predicted octanol–water partition coefficient (Wildman–Crippen LogP) is 5.10. The lowest BCUT2D eigenvalue weighted by Gasteiger charge is -2.23. The van der Waals surface area contributed by atoms with Gasteiger partial charge in [0.25, 0.3) is 5.69 Å². The summed E-state index contributed by atoms with van der Waals surface area (Å²) in [5.74, 6) is -1.37. The first kappa shape index (κ1) is 34.5. The number of benzene rings is 3. The molecule has 14 nitrogen and oxygen atoms in total. The molecule has 1 unspecified atom stereocenters. The number of esters is 2. The highest BCUT2D eigenvalue weighted by atomic mass is 31.2. The number of nitro benzene ring substituents is 1. The molecule has 1 amide bonds. The van der Waals surface area contributed by atoms with E-state index >= 15 is 0 Å². The Bertz CT molecular complexity index is 1500. The molecular formula is C30H34N3O11P. The van der Waals surface area contributed by atoms with E-state index in [9.17, 15) is 29.1 Å². The third kappa shape index (κ3) is 11.2. The van der Waals surface area contributed by atoms with Crippen LogP contribution in [0.2, 0.25) is 0 Å². The molecule has 45 heavy (non-hydrogen) atoms. The Morgan fingerprint density at radius 1 is 0.844 bits per heavy atom. The predicted molar refractivity (Wildman–Crippen MR) is 161 cm³/mol. The van der Waals surface area contributed by atoms with Crippen molar-refractivity contribution in [2.24, 2.45) is 0 Å². The summed E-state index contributed by atoms with van der Waals surface area (Å²) in [7, 11) is -3.16. The van der Waals surface area contributed by atoms with Crippen LogP contribution in [0, 0.1) is 10.1 Å². The van der Waals surface area contributed by atoms with Crippen molar-refractivity contribution in [3.8, 4) is 11.5 Å². The zero-order chi connectivity index (χ0) is 33.0. The second-order valence-corrected chi connectivity index (χ2v) is 11.5. The molecule has 3 atom stereocenters. The maximum Gasteiger partial charge on any atom is 0.513 e. The number of carbonyl (C=O) groups is 3. The van der Waals surface area contributed by atoms with Crippen molar-refractivity contribution in [2.75, 3.05) is 7.11 Å². The molecule has 0 aliphatic carbocycles. The van der Waals surface area contributed by atoms with E-state index in [4.69, 9.17) is 18.5 Å². The molecule has 240 valence electrons. The van der Waals surface area contributed by atoms with E-state index in [0.29, 0.717) is 5.56 Å². The molecule has 3 aromatic rings. The Kier molecular flexibility index (Phi) is 12.5. The molecule has 15 heteroatoms. The number of nitro groups is 1. The second kappa shape index (κ2) is 16.2. The van der Waals surface area contributed by atoms with E-state index in [1.807, 2.05) is 18.2 Å². The Balaban J connectivity index is 1.74. The van der Waals surface area contributed by atoms with Crippen LogP contribution >= 0.6 is 7.75 Å². The lowest BCUT2D eigenvalue weighted by molar-refractivity contribution is -0.384. The van der Waals surface area contributed by atoms with Gasteiger partial charge in [0.15, 0.2) is 0 Å². The minimum absolute atomic E-state index is 0.00922. The molecule has 3 aromatic carbocycles. The van der Waals surface area contributed by atoms with Crippen molar-refractivity contribution in [1.82, 2.24) is 10.4 Å². The van der Waals surface area contributed by atoms with Crippen molar-refractivity contribution in [3.63, 3.8) is 0 Å². The van der Waals surface area contributed by atoms with Crippen LogP contribution in [0.15, 0.2) is 78.9 Å². The van der Waals surface area contributed by atoms with Gasteiger partial charge in [0, 0.05) is 18.6 Å². The molecule has 0 aromatic heterocycles. The summed E-state index contributed by atoms with van der Waals surface area (Å²) in [6.07, 6.45) is -1.21. The summed E-state index contributed by atoms with van der Waals surface area (Å²) in [5, 5.41) is 16.0. The standard InChI is InChI=1S/C30H34N3O11P/c1-20(2)42-29(35)27(31-30(36)41-19-23-8-6-5-7-9-23)18-22-10-14-25(15-11-22)43-45(39,32-21(3)28(34)40-4)44-26-16-12-24(13-17-26)33(37)38/h5-17,20-21,27H,18-19H2,1-4H3,(H,31,36)(H,32,39)/t21-,27-,45?/m0/s1. The van der Waals surface area contributed by atoms with E-state index < -0.39 is 48.9 Å². The van der Waals surface area contributed by atoms with Crippen LogP contribution < -0.4 is 19.5 Å². The van der Waals surface area contributed by atoms with Crippen molar-refractivity contribution < 1.29 is 47.1 Å². The maximum atomic E-state index is 13.7. The maximum absolute atomic E-state index is 13.7. The first-order chi connectivity index (χ1) is 21.4. The Hall–Kier alpha value is -4.94. The van der Waals surface area contributed by atoms with Crippen LogP contribution in [0.4, 0.5) is 10.5 Å². The molecule has 0 heterocycles. The van der Waals surface area contributed by atoms with Crippen LogP contribution in [-0.2, 0) is 41.4 Å². The van der Waals surface area contributed by atoms with Crippen molar-refractivity contribution in [1.29, 1.82) is 0 Å². The summed E-state index contributed by atoms with van der Waals surface area (Å²) < 4.78 is 40.1. The molecule has 3 rings (SSSR count). The first-order valence-corrected chi connectivity index (χ1v) is 15.3. The average Bonchev–Trinajstić information content (AvgIpc) is 3.00. The number of hydrogen-bond acceptors (Lipinski definition) is 11. The van der Waals surface area contributed by atoms with E-state index in [0.717, 1.165) is 24.8 Å². The average molecular weight is 644 g/mol. The topological polar surface area (TPSA) is 182 Å². The molecule has 0 saturated carbocycles. The molecule has 0 bridgehead atoms.